The van der Waals surface area contributed by atoms with Crippen LogP contribution in [0.5, 0.6) is 23.0 Å². The molecule has 0 fully saturated rings. The highest BCUT2D eigenvalue weighted by Crippen LogP contribution is 2.29. The van der Waals surface area contributed by atoms with Crippen LogP contribution in [0.4, 0.5) is 0 Å². The van der Waals surface area contributed by atoms with Gasteiger partial charge in [0.1, 0.15) is 11.5 Å². The van der Waals surface area contributed by atoms with Crippen molar-refractivity contribution in [3.8, 4) is 23.0 Å². The summed E-state index contributed by atoms with van der Waals surface area (Å²) in [4.78, 5) is 24.5. The van der Waals surface area contributed by atoms with Crippen molar-refractivity contribution in [1.82, 2.24) is 5.43 Å². The summed E-state index contributed by atoms with van der Waals surface area (Å²) in [7, 11) is 1.55. The number of hydrazone groups is 1. The number of carbonyl (C=O) groups excluding carboxylic acids is 2. The second-order valence-corrected chi connectivity index (χ2v) is 7.59. The fourth-order valence-corrected chi connectivity index (χ4v) is 3.01. The predicted octanol–water partition coefficient (Wildman–Crippen LogP) is 4.46. The lowest BCUT2D eigenvalue weighted by Crippen LogP contribution is -2.24. The van der Waals surface area contributed by atoms with E-state index in [1.807, 2.05) is 39.0 Å². The molecule has 0 aliphatic carbocycles. The van der Waals surface area contributed by atoms with Crippen LogP contribution in [0, 0.1) is 13.8 Å². The van der Waals surface area contributed by atoms with E-state index >= 15 is 0 Å². The minimum absolute atomic E-state index is 0.162. The smallest absolute Gasteiger partial charge is 0.343 e. The number of esters is 1. The maximum Gasteiger partial charge on any atom is 0.343 e. The van der Waals surface area contributed by atoms with Crippen molar-refractivity contribution in [1.29, 1.82) is 0 Å². The molecule has 182 valence electrons. The normalized spacial score (nSPS) is 10.6. The highest BCUT2D eigenvalue weighted by molar-refractivity contribution is 5.92. The highest BCUT2D eigenvalue weighted by atomic mass is 16.6. The van der Waals surface area contributed by atoms with E-state index in [9.17, 15) is 9.59 Å². The SMILES string of the molecule is CCOc1cc(/C=N\NC(=O)COc2ccc(C)c(C)c2)ccc1OC(=O)c1ccc(OC)cc1. The van der Waals surface area contributed by atoms with Gasteiger partial charge in [0, 0.05) is 0 Å². The van der Waals surface area contributed by atoms with E-state index in [2.05, 4.69) is 10.5 Å². The molecule has 0 radical (unpaired) electrons. The van der Waals surface area contributed by atoms with Gasteiger partial charge in [-0.25, -0.2) is 10.2 Å². The molecule has 35 heavy (non-hydrogen) atoms. The zero-order chi connectivity index (χ0) is 25.2. The second kappa shape index (κ2) is 12.2. The Hall–Kier alpha value is -4.33. The van der Waals surface area contributed by atoms with Crippen molar-refractivity contribution < 1.29 is 28.5 Å². The minimum Gasteiger partial charge on any atom is -0.497 e. The summed E-state index contributed by atoms with van der Waals surface area (Å²) in [5, 5.41) is 3.96. The number of hydrogen-bond donors (Lipinski definition) is 1. The van der Waals surface area contributed by atoms with Crippen molar-refractivity contribution in [3.63, 3.8) is 0 Å². The molecule has 0 aromatic heterocycles. The Kier molecular flexibility index (Phi) is 8.83. The lowest BCUT2D eigenvalue weighted by atomic mass is 10.1. The number of nitrogens with zero attached hydrogens (tertiary/aromatic N) is 1. The fourth-order valence-electron chi connectivity index (χ4n) is 3.01. The maximum atomic E-state index is 12.5. The van der Waals surface area contributed by atoms with Crippen molar-refractivity contribution in [2.75, 3.05) is 20.3 Å². The van der Waals surface area contributed by atoms with E-state index in [-0.39, 0.29) is 12.4 Å². The van der Waals surface area contributed by atoms with Gasteiger partial charge in [-0.3, -0.25) is 4.79 Å². The van der Waals surface area contributed by atoms with E-state index in [0.717, 1.165) is 11.1 Å². The van der Waals surface area contributed by atoms with Crippen LogP contribution in [0.1, 0.15) is 34.0 Å². The molecule has 3 aromatic carbocycles. The van der Waals surface area contributed by atoms with Crippen molar-refractivity contribution in [2.24, 2.45) is 5.10 Å². The molecule has 0 saturated heterocycles. The zero-order valence-electron chi connectivity index (χ0n) is 20.2. The molecule has 0 heterocycles. The molecule has 0 aliphatic heterocycles. The Bertz CT molecular complexity index is 1200. The van der Waals surface area contributed by atoms with Crippen LogP contribution in [0.2, 0.25) is 0 Å². The van der Waals surface area contributed by atoms with Crippen molar-refractivity contribution in [3.05, 3.63) is 82.9 Å². The summed E-state index contributed by atoms with van der Waals surface area (Å²) in [6.45, 7) is 6.03. The van der Waals surface area contributed by atoms with Crippen LogP contribution in [-0.4, -0.2) is 38.4 Å². The molecule has 8 heteroatoms. The number of carbonyl (C=O) groups is 2. The molecule has 0 atom stereocenters. The summed E-state index contributed by atoms with van der Waals surface area (Å²) in [5.74, 6) is 0.997. The van der Waals surface area contributed by atoms with Gasteiger partial charge in [0.05, 0.1) is 25.5 Å². The van der Waals surface area contributed by atoms with Gasteiger partial charge in [0.15, 0.2) is 18.1 Å². The number of rotatable bonds is 10. The Balaban J connectivity index is 1.59. The summed E-state index contributed by atoms with van der Waals surface area (Å²) in [5.41, 5.74) is 5.69. The predicted molar refractivity (Wildman–Crippen MR) is 133 cm³/mol. The van der Waals surface area contributed by atoms with Gasteiger partial charge >= 0.3 is 5.97 Å². The Morgan fingerprint density at radius 2 is 1.63 bits per heavy atom. The van der Waals surface area contributed by atoms with E-state index in [4.69, 9.17) is 18.9 Å². The topological polar surface area (TPSA) is 95.5 Å². The molecule has 1 N–H and O–H groups in total. The van der Waals surface area contributed by atoms with Gasteiger partial charge in [-0.1, -0.05) is 6.07 Å². The Labute approximate surface area is 204 Å². The molecule has 3 aromatic rings. The lowest BCUT2D eigenvalue weighted by Gasteiger charge is -2.11. The Morgan fingerprint density at radius 3 is 2.31 bits per heavy atom. The molecule has 0 bridgehead atoms. The second-order valence-electron chi connectivity index (χ2n) is 7.59. The molecule has 0 spiro atoms. The number of hydrogen-bond acceptors (Lipinski definition) is 7. The summed E-state index contributed by atoms with van der Waals surface area (Å²) in [6.07, 6.45) is 1.46. The number of nitrogens with one attached hydrogen (secondary N) is 1. The van der Waals surface area contributed by atoms with E-state index < -0.39 is 11.9 Å². The first-order valence-electron chi connectivity index (χ1n) is 11.0. The summed E-state index contributed by atoms with van der Waals surface area (Å²) >= 11 is 0. The van der Waals surface area contributed by atoms with Crippen LogP contribution in [0.25, 0.3) is 0 Å². The Morgan fingerprint density at radius 1 is 0.886 bits per heavy atom. The molecular weight excluding hydrogens is 448 g/mol. The summed E-state index contributed by atoms with van der Waals surface area (Å²) < 4.78 is 21.7. The highest BCUT2D eigenvalue weighted by Gasteiger charge is 2.13. The number of amides is 1. The monoisotopic (exact) mass is 476 g/mol. The molecule has 8 nitrogen and oxygen atoms in total. The van der Waals surface area contributed by atoms with E-state index in [0.29, 0.717) is 35.0 Å². The average Bonchev–Trinajstić information content (AvgIpc) is 2.86. The third-order valence-corrected chi connectivity index (χ3v) is 5.05. The number of benzene rings is 3. The van der Waals surface area contributed by atoms with Gasteiger partial charge in [-0.15, -0.1) is 0 Å². The maximum absolute atomic E-state index is 12.5. The van der Waals surface area contributed by atoms with E-state index in [1.54, 1.807) is 49.6 Å². The van der Waals surface area contributed by atoms with Crippen molar-refractivity contribution in [2.45, 2.75) is 20.8 Å². The van der Waals surface area contributed by atoms with Gasteiger partial charge < -0.3 is 18.9 Å². The third kappa shape index (κ3) is 7.33. The quantitative estimate of drug-likeness (QED) is 0.201. The van der Waals surface area contributed by atoms with E-state index in [1.165, 1.54) is 6.21 Å². The average molecular weight is 477 g/mol. The number of methoxy groups -OCH3 is 1. The number of aryl methyl sites for hydroxylation is 2. The fraction of sp³-hybridized carbons (Fsp3) is 0.222. The van der Waals surface area contributed by atoms with Crippen molar-refractivity contribution >= 4 is 18.1 Å². The van der Waals surface area contributed by atoms with Gasteiger partial charge in [0.2, 0.25) is 0 Å². The minimum atomic E-state index is -0.522. The first kappa shape index (κ1) is 25.3. The lowest BCUT2D eigenvalue weighted by molar-refractivity contribution is -0.123. The zero-order valence-corrected chi connectivity index (χ0v) is 20.2. The number of ether oxygens (including phenoxy) is 4. The molecule has 1 amide bonds. The van der Waals surface area contributed by atoms with Gasteiger partial charge in [-0.05, 0) is 92.1 Å². The third-order valence-electron chi connectivity index (χ3n) is 5.05. The van der Waals surface area contributed by atoms with Crippen LogP contribution >= 0.6 is 0 Å². The van der Waals surface area contributed by atoms with Crippen LogP contribution in [-0.2, 0) is 4.79 Å². The van der Waals surface area contributed by atoms with Crippen LogP contribution in [0.15, 0.2) is 65.8 Å². The van der Waals surface area contributed by atoms with Gasteiger partial charge in [-0.2, -0.15) is 5.10 Å². The summed E-state index contributed by atoms with van der Waals surface area (Å²) in [6, 6.07) is 17.2. The van der Waals surface area contributed by atoms with Crippen LogP contribution in [0.3, 0.4) is 0 Å². The standard InChI is InChI=1S/C27H28N2O6/c1-5-33-25-15-20(7-13-24(25)35-27(31)21-8-11-22(32-4)12-9-21)16-28-29-26(30)17-34-23-10-6-18(2)19(3)14-23/h6-16H,5,17H2,1-4H3,(H,29,30)/b28-16-. The molecule has 3 rings (SSSR count). The molecular formula is C27H28N2O6. The molecule has 0 saturated carbocycles. The largest absolute Gasteiger partial charge is 0.497 e. The molecule has 0 aliphatic rings. The van der Waals surface area contributed by atoms with Gasteiger partial charge in [0.25, 0.3) is 5.91 Å². The molecule has 0 unspecified atom stereocenters. The first-order valence-corrected chi connectivity index (χ1v) is 11.0. The first-order chi connectivity index (χ1) is 16.9. The van der Waals surface area contributed by atoms with Crippen LogP contribution < -0.4 is 24.4 Å².